The lowest BCUT2D eigenvalue weighted by Crippen LogP contribution is -2.40. The van der Waals surface area contributed by atoms with Gasteiger partial charge in [-0.3, -0.25) is 28.6 Å². The van der Waals surface area contributed by atoms with Crippen LogP contribution in [0.2, 0.25) is 0 Å². The molecule has 0 radical (unpaired) electrons. The zero-order chi connectivity index (χ0) is 31.5. The van der Waals surface area contributed by atoms with Crippen LogP contribution >= 0.6 is 24.0 Å². The molecule has 1 amide bonds. The average molecular weight is 631 g/mol. The maximum Gasteiger partial charge on any atom is 0.309 e. The van der Waals surface area contributed by atoms with Gasteiger partial charge in [-0.15, -0.1) is 0 Å². The van der Waals surface area contributed by atoms with Crippen LogP contribution in [0.1, 0.15) is 94.2 Å². The average Bonchev–Trinajstić information content (AvgIpc) is 3.24. The Morgan fingerprint density at radius 1 is 1.09 bits per heavy atom. The van der Waals surface area contributed by atoms with Crippen molar-refractivity contribution >= 4 is 58.0 Å². The van der Waals surface area contributed by atoms with E-state index in [-0.39, 0.29) is 29.8 Å². The van der Waals surface area contributed by atoms with Crippen molar-refractivity contribution in [3.8, 4) is 6.07 Å². The molecule has 2 aliphatic heterocycles. The molecule has 2 saturated heterocycles. The molecule has 12 heteroatoms. The number of rotatable bonds is 15. The van der Waals surface area contributed by atoms with Gasteiger partial charge in [-0.05, 0) is 51.2 Å². The molecule has 1 aromatic rings. The molecule has 0 unspecified atom stereocenters. The van der Waals surface area contributed by atoms with E-state index in [0.717, 1.165) is 51.4 Å². The lowest BCUT2D eigenvalue weighted by molar-refractivity contribution is -0.148. The van der Waals surface area contributed by atoms with Crippen LogP contribution in [-0.4, -0.2) is 63.0 Å². The van der Waals surface area contributed by atoms with Gasteiger partial charge >= 0.3 is 11.9 Å². The number of unbranched alkanes of at least 4 members (excludes halogenated alkanes) is 7. The normalized spacial score (nSPS) is 16.7. The van der Waals surface area contributed by atoms with Crippen molar-refractivity contribution in [2.45, 2.75) is 84.5 Å². The summed E-state index contributed by atoms with van der Waals surface area (Å²) in [7, 11) is 1.63. The molecule has 0 aromatic carbocycles. The van der Waals surface area contributed by atoms with Gasteiger partial charge in [-0.2, -0.15) is 5.26 Å². The van der Waals surface area contributed by atoms with Crippen molar-refractivity contribution in [1.29, 1.82) is 5.26 Å². The second kappa shape index (κ2) is 16.6. The van der Waals surface area contributed by atoms with E-state index in [4.69, 9.17) is 22.1 Å². The highest BCUT2D eigenvalue weighted by molar-refractivity contribution is 8.26. The number of carbonyl (C=O) groups is 3. The first-order valence-electron chi connectivity index (χ1n) is 15.1. The summed E-state index contributed by atoms with van der Waals surface area (Å²) in [5.74, 6) is -0.695. The quantitative estimate of drug-likeness (QED) is 0.120. The summed E-state index contributed by atoms with van der Waals surface area (Å²) in [5, 5.41) is 18.5. The van der Waals surface area contributed by atoms with Crippen LogP contribution in [0, 0.1) is 24.2 Å². The highest BCUT2D eigenvalue weighted by Crippen LogP contribution is 2.36. The Labute approximate surface area is 263 Å². The molecule has 2 aliphatic rings. The number of piperidine rings is 1. The van der Waals surface area contributed by atoms with Gasteiger partial charge in [0.25, 0.3) is 11.5 Å². The van der Waals surface area contributed by atoms with E-state index in [1.165, 1.54) is 16.3 Å². The van der Waals surface area contributed by atoms with E-state index in [0.29, 0.717) is 65.3 Å². The first-order chi connectivity index (χ1) is 20.6. The largest absolute Gasteiger partial charge is 0.481 e. The second-order valence-electron chi connectivity index (χ2n) is 11.0. The number of esters is 1. The van der Waals surface area contributed by atoms with E-state index in [1.54, 1.807) is 31.9 Å². The van der Waals surface area contributed by atoms with Crippen LogP contribution < -0.4 is 10.5 Å². The van der Waals surface area contributed by atoms with Crippen LogP contribution in [0.25, 0.3) is 6.08 Å². The van der Waals surface area contributed by atoms with E-state index in [9.17, 15) is 24.4 Å². The predicted molar refractivity (Wildman–Crippen MR) is 172 cm³/mol. The van der Waals surface area contributed by atoms with Crippen molar-refractivity contribution in [3.63, 3.8) is 0 Å². The van der Waals surface area contributed by atoms with Crippen molar-refractivity contribution in [2.75, 3.05) is 31.1 Å². The number of nitrogens with zero attached hydrogens (tertiary/aromatic N) is 4. The maximum atomic E-state index is 13.4. The van der Waals surface area contributed by atoms with Crippen LogP contribution in [0.15, 0.2) is 9.70 Å². The number of pyridine rings is 1. The number of anilines is 1. The minimum Gasteiger partial charge on any atom is -0.481 e. The molecule has 0 bridgehead atoms. The van der Waals surface area contributed by atoms with E-state index in [1.807, 2.05) is 11.0 Å². The second-order valence-corrected chi connectivity index (χ2v) is 12.7. The minimum atomic E-state index is -0.741. The van der Waals surface area contributed by atoms with Crippen molar-refractivity contribution in [3.05, 3.63) is 31.9 Å². The Balaban J connectivity index is 1.68. The maximum absolute atomic E-state index is 13.4. The Kier molecular flexibility index (Phi) is 13.3. The first-order valence-corrected chi connectivity index (χ1v) is 16.4. The van der Waals surface area contributed by atoms with E-state index in [2.05, 4.69) is 0 Å². The summed E-state index contributed by atoms with van der Waals surface area (Å²) in [6, 6.07) is 2.03. The Hall–Kier alpha value is -3.17. The van der Waals surface area contributed by atoms with Crippen molar-refractivity contribution < 1.29 is 24.2 Å². The number of nitriles is 1. The smallest absolute Gasteiger partial charge is 0.309 e. The topological polar surface area (TPSA) is 133 Å². The number of carbonyl (C=O) groups excluding carboxylic acids is 2. The fourth-order valence-corrected chi connectivity index (χ4v) is 6.90. The van der Waals surface area contributed by atoms with Gasteiger partial charge in [-0.25, -0.2) is 0 Å². The highest BCUT2D eigenvalue weighted by Gasteiger charge is 2.34. The van der Waals surface area contributed by atoms with Crippen LogP contribution in [0.4, 0.5) is 5.82 Å². The number of hydrogen-bond donors (Lipinski definition) is 1. The third-order valence-electron chi connectivity index (χ3n) is 8.05. The standard InChI is InChI=1S/C31H42N4O6S2/c1-4-41-30(40)22-14-17-34(18-15-22)27-23(21(2)24(20-32)28(38)33(27)3)19-25-29(39)35(31(42)43-25)16-12-10-8-6-5-7-9-11-13-26(36)37/h19,22H,4-18H2,1-3H3,(H,36,37)/b25-19+. The summed E-state index contributed by atoms with van der Waals surface area (Å²) >= 11 is 6.79. The lowest BCUT2D eigenvalue weighted by atomic mass is 9.95. The number of carboxylic acids is 1. The monoisotopic (exact) mass is 630 g/mol. The fourth-order valence-electron chi connectivity index (χ4n) is 5.61. The van der Waals surface area contributed by atoms with Gasteiger partial charge in [-0.1, -0.05) is 62.5 Å². The van der Waals surface area contributed by atoms with E-state index < -0.39 is 11.5 Å². The molecule has 10 nitrogen and oxygen atoms in total. The summed E-state index contributed by atoms with van der Waals surface area (Å²) in [6.07, 6.45) is 10.9. The van der Waals surface area contributed by atoms with E-state index >= 15 is 0 Å². The van der Waals surface area contributed by atoms with Crippen molar-refractivity contribution in [2.24, 2.45) is 13.0 Å². The number of thioether (sulfide) groups is 1. The molecule has 0 aliphatic carbocycles. The molecule has 0 atom stereocenters. The molecular weight excluding hydrogens is 588 g/mol. The molecule has 1 N–H and O–H groups in total. The number of thiocarbonyl (C=S) groups is 1. The third kappa shape index (κ3) is 8.92. The fraction of sp³-hybridized carbons (Fsp3) is 0.613. The summed E-state index contributed by atoms with van der Waals surface area (Å²) in [4.78, 5) is 53.5. The SMILES string of the molecule is CCOC(=O)C1CCN(c2c(/C=C3/SC(=S)N(CCCCCCCCCCC(=O)O)C3=O)c(C)c(C#N)c(=O)n2C)CC1. The molecule has 234 valence electrons. The van der Waals surface area contributed by atoms with Gasteiger partial charge in [0.2, 0.25) is 0 Å². The Morgan fingerprint density at radius 3 is 2.28 bits per heavy atom. The van der Waals surface area contributed by atoms with Gasteiger partial charge in [0.15, 0.2) is 0 Å². The number of carboxylic acid groups (broad SMARTS) is 1. The molecule has 0 saturated carbocycles. The summed E-state index contributed by atoms with van der Waals surface area (Å²) in [6.45, 7) is 5.45. The van der Waals surface area contributed by atoms with Crippen LogP contribution in [0.3, 0.4) is 0 Å². The Bertz CT molecular complexity index is 1340. The van der Waals surface area contributed by atoms with Crippen LogP contribution in [-0.2, 0) is 26.2 Å². The summed E-state index contributed by atoms with van der Waals surface area (Å²) < 4.78 is 7.16. The zero-order valence-corrected chi connectivity index (χ0v) is 27.0. The number of ether oxygens (including phenoxy) is 1. The highest BCUT2D eigenvalue weighted by atomic mass is 32.2. The molecule has 3 rings (SSSR count). The predicted octanol–water partition coefficient (Wildman–Crippen LogP) is 5.14. The van der Waals surface area contributed by atoms with Gasteiger partial charge in [0, 0.05) is 38.7 Å². The number of aliphatic carboxylic acids is 1. The van der Waals surface area contributed by atoms with Gasteiger partial charge in [0.1, 0.15) is 21.8 Å². The van der Waals surface area contributed by atoms with Gasteiger partial charge in [0.05, 0.1) is 17.4 Å². The molecule has 3 heterocycles. The number of hydrogen-bond acceptors (Lipinski definition) is 9. The molecule has 2 fully saturated rings. The van der Waals surface area contributed by atoms with Gasteiger partial charge < -0.3 is 14.7 Å². The molecule has 43 heavy (non-hydrogen) atoms. The first kappa shape index (κ1) is 34.3. The summed E-state index contributed by atoms with van der Waals surface area (Å²) in [5.41, 5.74) is 0.794. The molecule has 0 spiro atoms. The zero-order valence-electron chi connectivity index (χ0n) is 25.4. The number of aromatic nitrogens is 1. The molecular formula is C31H42N4O6S2. The third-order valence-corrected chi connectivity index (χ3v) is 9.43. The lowest BCUT2D eigenvalue weighted by Gasteiger charge is -2.35. The van der Waals surface area contributed by atoms with Crippen molar-refractivity contribution in [1.82, 2.24) is 9.47 Å². The van der Waals surface area contributed by atoms with Crippen LogP contribution in [0.5, 0.6) is 0 Å². The molecule has 1 aromatic heterocycles. The minimum absolute atomic E-state index is 0.0382. The number of amides is 1. The Morgan fingerprint density at radius 2 is 1.70 bits per heavy atom.